The van der Waals surface area contributed by atoms with Crippen LogP contribution in [0.2, 0.25) is 0 Å². The van der Waals surface area contributed by atoms with E-state index in [2.05, 4.69) is 10.3 Å². The molecule has 2 amide bonds. The number of aromatic nitrogens is 1. The van der Waals surface area contributed by atoms with Gasteiger partial charge >= 0.3 is 0 Å². The fourth-order valence-corrected chi connectivity index (χ4v) is 4.61. The number of nitrogens with one attached hydrogen (secondary N) is 1. The van der Waals surface area contributed by atoms with Gasteiger partial charge in [-0.2, -0.15) is 0 Å². The predicted octanol–water partition coefficient (Wildman–Crippen LogP) is 1.60. The Morgan fingerprint density at radius 3 is 2.50 bits per heavy atom. The van der Waals surface area contributed by atoms with Crippen molar-refractivity contribution in [2.24, 2.45) is 11.1 Å². The van der Waals surface area contributed by atoms with Gasteiger partial charge in [-0.25, -0.2) is 4.98 Å². The van der Waals surface area contributed by atoms with Crippen LogP contribution < -0.4 is 11.1 Å². The number of thiazole rings is 1. The molecule has 1 saturated heterocycles. The largest absolute Gasteiger partial charge is 0.394 e. The van der Waals surface area contributed by atoms with E-state index in [1.54, 1.807) is 16.8 Å². The molecule has 8 nitrogen and oxygen atoms in total. The summed E-state index contributed by atoms with van der Waals surface area (Å²) in [5, 5.41) is 22.9. The topological polar surface area (TPSA) is 129 Å². The third-order valence-corrected chi connectivity index (χ3v) is 6.86. The Balaban J connectivity index is 1.73. The summed E-state index contributed by atoms with van der Waals surface area (Å²) in [5.41, 5.74) is 10.2. The van der Waals surface area contributed by atoms with Crippen LogP contribution in [-0.2, 0) is 9.59 Å². The normalized spacial score (nSPS) is 20.8. The number of benzene rings is 1. The first-order valence-corrected chi connectivity index (χ1v) is 11.6. The van der Waals surface area contributed by atoms with Crippen molar-refractivity contribution in [1.82, 2.24) is 15.2 Å². The van der Waals surface area contributed by atoms with E-state index >= 15 is 0 Å². The third kappa shape index (κ3) is 5.17. The summed E-state index contributed by atoms with van der Waals surface area (Å²) >= 11 is 1.56. The predicted molar refractivity (Wildman–Crippen MR) is 124 cm³/mol. The Morgan fingerprint density at radius 2 is 1.97 bits per heavy atom. The van der Waals surface area contributed by atoms with Crippen molar-refractivity contribution in [3.05, 3.63) is 41.0 Å². The number of aryl methyl sites for hydroxylation is 1. The van der Waals surface area contributed by atoms with E-state index in [9.17, 15) is 19.8 Å². The minimum absolute atomic E-state index is 0.0629. The molecule has 4 atom stereocenters. The molecule has 9 heteroatoms. The van der Waals surface area contributed by atoms with Gasteiger partial charge in [0.15, 0.2) is 0 Å². The van der Waals surface area contributed by atoms with Gasteiger partial charge in [0.1, 0.15) is 6.04 Å². The Bertz CT molecular complexity index is 954. The number of nitrogens with two attached hydrogens (primary N) is 1. The summed E-state index contributed by atoms with van der Waals surface area (Å²) in [6.45, 7) is 7.29. The molecule has 1 aromatic carbocycles. The molecule has 3 rings (SSSR count). The fraction of sp³-hybridized carbons (Fsp3) is 0.522. The van der Waals surface area contributed by atoms with Crippen molar-refractivity contribution in [1.29, 1.82) is 0 Å². The van der Waals surface area contributed by atoms with Crippen molar-refractivity contribution in [2.75, 3.05) is 13.2 Å². The van der Waals surface area contributed by atoms with Gasteiger partial charge < -0.3 is 26.2 Å². The average Bonchev–Trinajstić information content (AvgIpc) is 3.35. The molecular formula is C23H32N4O4S. The number of aliphatic hydroxyl groups excluding tert-OH is 2. The lowest BCUT2D eigenvalue weighted by Gasteiger charge is -2.33. The monoisotopic (exact) mass is 460 g/mol. The lowest BCUT2D eigenvalue weighted by Crippen LogP contribution is -2.55. The third-order valence-electron chi connectivity index (χ3n) is 5.88. The summed E-state index contributed by atoms with van der Waals surface area (Å²) in [4.78, 5) is 32.7. The number of carbonyl (C=O) groups excluding carboxylic acids is 2. The second-order valence-electron chi connectivity index (χ2n) is 9.37. The van der Waals surface area contributed by atoms with Gasteiger partial charge in [-0.05, 0) is 23.5 Å². The number of rotatable bonds is 6. The van der Waals surface area contributed by atoms with Crippen LogP contribution in [0.25, 0.3) is 10.4 Å². The van der Waals surface area contributed by atoms with Gasteiger partial charge in [-0.3, -0.25) is 9.59 Å². The molecule has 0 bridgehead atoms. The second-order valence-corrected chi connectivity index (χ2v) is 10.2. The summed E-state index contributed by atoms with van der Waals surface area (Å²) < 4.78 is 0. The average molecular weight is 461 g/mol. The molecular weight excluding hydrogens is 428 g/mol. The summed E-state index contributed by atoms with van der Waals surface area (Å²) in [6.07, 6.45) is -0.660. The zero-order valence-electron chi connectivity index (χ0n) is 18.9. The van der Waals surface area contributed by atoms with Gasteiger partial charge in [0.25, 0.3) is 0 Å². The molecule has 1 aromatic heterocycles. The minimum atomic E-state index is -0.834. The lowest BCUT2D eigenvalue weighted by atomic mass is 9.86. The van der Waals surface area contributed by atoms with Crippen LogP contribution in [0, 0.1) is 12.3 Å². The molecule has 32 heavy (non-hydrogen) atoms. The highest BCUT2D eigenvalue weighted by atomic mass is 32.1. The quantitative estimate of drug-likeness (QED) is 0.518. The maximum atomic E-state index is 13.0. The molecule has 0 aliphatic carbocycles. The van der Waals surface area contributed by atoms with Crippen molar-refractivity contribution < 1.29 is 19.8 Å². The number of hydrogen-bond acceptors (Lipinski definition) is 7. The van der Waals surface area contributed by atoms with Crippen LogP contribution in [0.5, 0.6) is 0 Å². The van der Waals surface area contributed by atoms with E-state index in [0.717, 1.165) is 21.7 Å². The van der Waals surface area contributed by atoms with Gasteiger partial charge in [-0.15, -0.1) is 11.3 Å². The Kier molecular flexibility index (Phi) is 7.34. The van der Waals surface area contributed by atoms with Crippen LogP contribution in [0.4, 0.5) is 0 Å². The van der Waals surface area contributed by atoms with Crippen molar-refractivity contribution >= 4 is 23.2 Å². The number of carbonyl (C=O) groups is 2. The van der Waals surface area contributed by atoms with Crippen LogP contribution in [0.3, 0.4) is 0 Å². The van der Waals surface area contributed by atoms with Crippen LogP contribution >= 0.6 is 11.3 Å². The van der Waals surface area contributed by atoms with Gasteiger partial charge in [0, 0.05) is 13.0 Å². The highest BCUT2D eigenvalue weighted by Crippen LogP contribution is 2.29. The molecule has 0 radical (unpaired) electrons. The molecule has 0 spiro atoms. The Hall–Kier alpha value is -2.33. The van der Waals surface area contributed by atoms with E-state index in [1.165, 1.54) is 4.90 Å². The molecule has 174 valence electrons. The number of aliphatic hydroxyl groups is 2. The summed E-state index contributed by atoms with van der Waals surface area (Å²) in [5.74, 6) is -0.781. The SMILES string of the molecule is Cc1ncsc1-c1ccc(C(CO)NC(=O)[C@@H]2C[C@@H](O)CN2C(=O)[C@@H](N)C(C)(C)C)cc1. The molecule has 1 aliphatic heterocycles. The Morgan fingerprint density at radius 1 is 1.31 bits per heavy atom. The maximum Gasteiger partial charge on any atom is 0.243 e. The number of likely N-dealkylation sites (tertiary alicyclic amines) is 1. The van der Waals surface area contributed by atoms with E-state index < -0.39 is 35.6 Å². The molecule has 1 fully saturated rings. The van der Waals surface area contributed by atoms with Gasteiger partial charge in [-0.1, -0.05) is 45.0 Å². The highest BCUT2D eigenvalue weighted by molar-refractivity contribution is 7.13. The Labute approximate surface area is 192 Å². The molecule has 5 N–H and O–H groups in total. The fourth-order valence-electron chi connectivity index (χ4n) is 3.80. The van der Waals surface area contributed by atoms with E-state index in [-0.39, 0.29) is 25.5 Å². The van der Waals surface area contributed by atoms with Crippen molar-refractivity contribution in [3.8, 4) is 10.4 Å². The molecule has 2 heterocycles. The smallest absolute Gasteiger partial charge is 0.243 e. The first-order valence-electron chi connectivity index (χ1n) is 10.7. The standard InChI is InChI=1S/C23H32N4O4S/c1-13-19(32-12-25-13)15-7-5-14(6-8-15)17(11-28)26-21(30)18-9-16(29)10-27(18)22(31)20(24)23(2,3)4/h5-8,12,16-18,20,28-29H,9-11,24H2,1-4H3,(H,26,30)/t16-,17?,18+,20-/m1/s1. The lowest BCUT2D eigenvalue weighted by molar-refractivity contribution is -0.141. The molecule has 2 aromatic rings. The second kappa shape index (κ2) is 9.66. The molecule has 0 saturated carbocycles. The number of nitrogens with zero attached hydrogens (tertiary/aromatic N) is 2. The first-order chi connectivity index (χ1) is 15.0. The highest BCUT2D eigenvalue weighted by Gasteiger charge is 2.43. The number of amides is 2. The van der Waals surface area contributed by atoms with E-state index in [4.69, 9.17) is 5.73 Å². The van der Waals surface area contributed by atoms with Crippen LogP contribution in [0.15, 0.2) is 29.8 Å². The number of β-amino-alcohol motifs (C(OH)–C–C–N with tert-alkyl or cyclic N) is 1. The van der Waals surface area contributed by atoms with Crippen molar-refractivity contribution in [2.45, 2.75) is 58.3 Å². The maximum absolute atomic E-state index is 13.0. The summed E-state index contributed by atoms with van der Waals surface area (Å²) in [7, 11) is 0. The molecule has 1 aliphatic rings. The molecule has 1 unspecified atom stereocenters. The zero-order chi connectivity index (χ0) is 23.6. The first kappa shape index (κ1) is 24.3. The van der Waals surface area contributed by atoms with Crippen LogP contribution in [0.1, 0.15) is 44.5 Å². The van der Waals surface area contributed by atoms with Crippen molar-refractivity contribution in [3.63, 3.8) is 0 Å². The van der Waals surface area contributed by atoms with E-state index in [0.29, 0.717) is 0 Å². The number of hydrogen-bond donors (Lipinski definition) is 4. The van der Waals surface area contributed by atoms with Crippen LogP contribution in [-0.4, -0.2) is 63.3 Å². The zero-order valence-corrected chi connectivity index (χ0v) is 19.7. The van der Waals surface area contributed by atoms with E-state index in [1.807, 2.05) is 52.0 Å². The summed E-state index contributed by atoms with van der Waals surface area (Å²) in [6, 6.07) is 5.32. The van der Waals surface area contributed by atoms with Gasteiger partial charge in [0.2, 0.25) is 11.8 Å². The van der Waals surface area contributed by atoms with Gasteiger partial charge in [0.05, 0.1) is 40.9 Å². The minimum Gasteiger partial charge on any atom is -0.394 e.